The standard InChI is InChI=1S/C23H28F3N5O3.C2HF3O2/c1-14(16-6-9-19(29-10-3-11-34-2)18(12-16)23(24,25)26)30-20(32)13-21(33)31-17-7-4-15(5-8-17)22(27)28;3-2(4,5)1(6)7/h4-9,12,14,29H,3,10-11,13H2,1-2H3,(H3,27,28)(H,30,32)(H,31,33);(H,6,7). The third-order valence-electron chi connectivity index (χ3n) is 5.11. The second-order valence-electron chi connectivity index (χ2n) is 8.38. The van der Waals surface area contributed by atoms with Gasteiger partial charge in [-0.05, 0) is 55.3 Å². The van der Waals surface area contributed by atoms with Crippen molar-refractivity contribution in [2.75, 3.05) is 30.9 Å². The first-order chi connectivity index (χ1) is 18.9. The average molecular weight is 594 g/mol. The number of ether oxygens (including phenoxy) is 1. The van der Waals surface area contributed by atoms with Crippen molar-refractivity contribution in [2.24, 2.45) is 5.73 Å². The third-order valence-corrected chi connectivity index (χ3v) is 5.11. The maximum absolute atomic E-state index is 13.6. The minimum absolute atomic E-state index is 0.0546. The lowest BCUT2D eigenvalue weighted by atomic mass is 10.0. The normalized spacial score (nSPS) is 11.9. The second kappa shape index (κ2) is 15.4. The molecule has 2 aromatic carbocycles. The molecule has 0 aliphatic rings. The van der Waals surface area contributed by atoms with Gasteiger partial charge in [-0.25, -0.2) is 4.79 Å². The van der Waals surface area contributed by atoms with E-state index < -0.39 is 48.2 Å². The summed E-state index contributed by atoms with van der Waals surface area (Å²) in [6.45, 7) is 2.28. The molecule has 0 aromatic heterocycles. The summed E-state index contributed by atoms with van der Waals surface area (Å²) >= 11 is 0. The molecular weight excluding hydrogens is 564 g/mol. The molecule has 0 saturated carbocycles. The fourth-order valence-corrected chi connectivity index (χ4v) is 3.12. The molecular formula is C25H29F6N5O5. The van der Waals surface area contributed by atoms with Crippen molar-refractivity contribution < 1.29 is 50.6 Å². The van der Waals surface area contributed by atoms with Crippen molar-refractivity contribution in [1.29, 1.82) is 5.41 Å². The van der Waals surface area contributed by atoms with E-state index in [1.807, 2.05) is 0 Å². The zero-order valence-electron chi connectivity index (χ0n) is 21.9. The van der Waals surface area contributed by atoms with Crippen molar-refractivity contribution in [3.05, 3.63) is 59.2 Å². The van der Waals surface area contributed by atoms with Crippen molar-refractivity contribution in [1.82, 2.24) is 5.32 Å². The number of amides is 2. The number of anilines is 2. The van der Waals surface area contributed by atoms with Crippen molar-refractivity contribution in [2.45, 2.75) is 38.2 Å². The van der Waals surface area contributed by atoms with Gasteiger partial charge in [-0.3, -0.25) is 15.0 Å². The molecule has 0 aliphatic carbocycles. The summed E-state index contributed by atoms with van der Waals surface area (Å²) < 4.78 is 77.3. The maximum Gasteiger partial charge on any atom is 0.490 e. The van der Waals surface area contributed by atoms with Gasteiger partial charge in [0.2, 0.25) is 11.8 Å². The Morgan fingerprint density at radius 1 is 1.02 bits per heavy atom. The number of carbonyl (C=O) groups excluding carboxylic acids is 2. The first-order valence-corrected chi connectivity index (χ1v) is 11.7. The Morgan fingerprint density at radius 2 is 1.61 bits per heavy atom. The van der Waals surface area contributed by atoms with Gasteiger partial charge in [0, 0.05) is 37.2 Å². The van der Waals surface area contributed by atoms with Gasteiger partial charge in [-0.15, -0.1) is 0 Å². The Labute approximate surface area is 230 Å². The number of nitrogen functional groups attached to an aromatic ring is 1. The average Bonchev–Trinajstić information content (AvgIpc) is 2.86. The zero-order chi connectivity index (χ0) is 31.4. The van der Waals surface area contributed by atoms with E-state index >= 15 is 0 Å². The largest absolute Gasteiger partial charge is 0.490 e. The van der Waals surface area contributed by atoms with Crippen LogP contribution in [-0.4, -0.2) is 55.2 Å². The number of methoxy groups -OCH3 is 1. The van der Waals surface area contributed by atoms with Gasteiger partial charge < -0.3 is 31.5 Å². The van der Waals surface area contributed by atoms with Crippen LogP contribution in [0.4, 0.5) is 37.7 Å². The van der Waals surface area contributed by atoms with Gasteiger partial charge in [-0.1, -0.05) is 6.07 Å². The Hall–Kier alpha value is -4.34. The van der Waals surface area contributed by atoms with E-state index in [9.17, 15) is 35.9 Å². The number of aliphatic carboxylic acids is 1. The number of carbonyl (C=O) groups is 3. The molecule has 0 aliphatic heterocycles. The molecule has 1 unspecified atom stereocenters. The van der Waals surface area contributed by atoms with E-state index in [1.54, 1.807) is 24.3 Å². The minimum Gasteiger partial charge on any atom is -0.475 e. The van der Waals surface area contributed by atoms with E-state index in [0.29, 0.717) is 30.8 Å². The van der Waals surface area contributed by atoms with E-state index in [2.05, 4.69) is 16.0 Å². The Kier molecular flexibility index (Phi) is 13.1. The first kappa shape index (κ1) is 34.7. The number of halogens is 6. The van der Waals surface area contributed by atoms with Gasteiger partial charge in [0.1, 0.15) is 12.3 Å². The lowest BCUT2D eigenvalue weighted by Gasteiger charge is -2.19. The molecule has 7 N–H and O–H groups in total. The maximum atomic E-state index is 13.6. The summed E-state index contributed by atoms with van der Waals surface area (Å²) in [4.78, 5) is 33.3. The van der Waals surface area contributed by atoms with Crippen LogP contribution in [0.5, 0.6) is 0 Å². The molecule has 226 valence electrons. The molecule has 2 rings (SSSR count). The van der Waals surface area contributed by atoms with Crippen LogP contribution >= 0.6 is 0 Å². The predicted molar refractivity (Wildman–Crippen MR) is 137 cm³/mol. The fraction of sp³-hybridized carbons (Fsp3) is 0.360. The monoisotopic (exact) mass is 593 g/mol. The van der Waals surface area contributed by atoms with Crippen molar-refractivity contribution in [3.63, 3.8) is 0 Å². The van der Waals surface area contributed by atoms with Crippen LogP contribution in [0.15, 0.2) is 42.5 Å². The highest BCUT2D eigenvalue weighted by Gasteiger charge is 2.38. The van der Waals surface area contributed by atoms with Gasteiger partial charge in [0.25, 0.3) is 0 Å². The Balaban J connectivity index is 0.00000106. The Morgan fingerprint density at radius 3 is 2.10 bits per heavy atom. The molecule has 1 atom stereocenters. The smallest absolute Gasteiger partial charge is 0.475 e. The SMILES string of the molecule is COCCCNc1ccc(C(C)NC(=O)CC(=O)Nc2ccc(C(=N)N)cc2)cc1C(F)(F)F.O=C(O)C(F)(F)F. The van der Waals surface area contributed by atoms with Crippen LogP contribution in [-0.2, 0) is 25.3 Å². The first-order valence-electron chi connectivity index (χ1n) is 11.7. The van der Waals surface area contributed by atoms with Crippen LogP contribution in [0.1, 0.15) is 42.5 Å². The lowest BCUT2D eigenvalue weighted by molar-refractivity contribution is -0.192. The number of alkyl halides is 6. The molecule has 16 heteroatoms. The predicted octanol–water partition coefficient (Wildman–Crippen LogP) is 4.28. The minimum atomic E-state index is -5.08. The molecule has 0 saturated heterocycles. The van der Waals surface area contributed by atoms with Crippen LogP contribution in [0.25, 0.3) is 0 Å². The summed E-state index contributed by atoms with van der Waals surface area (Å²) in [5.74, 6) is -4.10. The molecule has 10 nitrogen and oxygen atoms in total. The number of benzene rings is 2. The van der Waals surface area contributed by atoms with Crippen LogP contribution < -0.4 is 21.7 Å². The Bertz CT molecular complexity index is 1200. The number of hydrogen-bond acceptors (Lipinski definition) is 6. The second-order valence-corrected chi connectivity index (χ2v) is 8.38. The van der Waals surface area contributed by atoms with Crippen LogP contribution in [0.2, 0.25) is 0 Å². The number of carboxylic acid groups (broad SMARTS) is 1. The third kappa shape index (κ3) is 12.6. The molecule has 2 amide bonds. The lowest BCUT2D eigenvalue weighted by Crippen LogP contribution is -2.30. The van der Waals surface area contributed by atoms with E-state index in [0.717, 1.165) is 6.07 Å². The van der Waals surface area contributed by atoms with Gasteiger partial charge in [-0.2, -0.15) is 26.3 Å². The molecule has 0 radical (unpaired) electrons. The number of rotatable bonds is 11. The summed E-state index contributed by atoms with van der Waals surface area (Å²) in [7, 11) is 1.52. The topological polar surface area (TPSA) is 167 Å². The molecule has 0 fully saturated rings. The number of amidine groups is 1. The highest BCUT2D eigenvalue weighted by Crippen LogP contribution is 2.36. The number of nitrogens with two attached hydrogens (primary N) is 1. The van der Waals surface area contributed by atoms with Crippen LogP contribution in [0.3, 0.4) is 0 Å². The van der Waals surface area contributed by atoms with Crippen LogP contribution in [0, 0.1) is 5.41 Å². The summed E-state index contributed by atoms with van der Waals surface area (Å²) in [5.41, 5.74) is 5.63. The van der Waals surface area contributed by atoms with Gasteiger partial charge >= 0.3 is 18.3 Å². The van der Waals surface area contributed by atoms with Gasteiger partial charge in [0.05, 0.1) is 11.6 Å². The molecule has 2 aromatic rings. The van der Waals surface area contributed by atoms with Gasteiger partial charge in [0.15, 0.2) is 0 Å². The molecule has 41 heavy (non-hydrogen) atoms. The summed E-state index contributed by atoms with van der Waals surface area (Å²) in [6.07, 6.45) is -9.63. The van der Waals surface area contributed by atoms with E-state index in [4.69, 9.17) is 25.8 Å². The summed E-state index contributed by atoms with van der Waals surface area (Å²) in [5, 5.41) is 22.3. The number of carboxylic acids is 1. The molecule has 0 heterocycles. The summed E-state index contributed by atoms with van der Waals surface area (Å²) in [6, 6.07) is 9.24. The molecule has 0 spiro atoms. The fourth-order valence-electron chi connectivity index (χ4n) is 3.12. The number of nitrogens with one attached hydrogen (secondary N) is 4. The highest BCUT2D eigenvalue weighted by molar-refractivity contribution is 6.04. The molecule has 0 bridgehead atoms. The van der Waals surface area contributed by atoms with Crippen molar-refractivity contribution >= 4 is 35.0 Å². The zero-order valence-corrected chi connectivity index (χ0v) is 21.9. The quantitative estimate of drug-likeness (QED) is 0.0744. The number of hydrogen-bond donors (Lipinski definition) is 6. The van der Waals surface area contributed by atoms with E-state index in [1.165, 1.54) is 26.2 Å². The van der Waals surface area contributed by atoms with Crippen molar-refractivity contribution in [3.8, 4) is 0 Å². The highest BCUT2D eigenvalue weighted by atomic mass is 19.4. The van der Waals surface area contributed by atoms with E-state index in [-0.39, 0.29) is 17.1 Å².